The summed E-state index contributed by atoms with van der Waals surface area (Å²) >= 11 is 1.90. The van der Waals surface area contributed by atoms with Gasteiger partial charge in [-0.15, -0.1) is 11.8 Å². The van der Waals surface area contributed by atoms with E-state index in [2.05, 4.69) is 42.6 Å². The van der Waals surface area contributed by atoms with Crippen molar-refractivity contribution in [2.24, 2.45) is 0 Å². The molecule has 3 heteroatoms. The third-order valence-corrected chi connectivity index (χ3v) is 4.22. The van der Waals surface area contributed by atoms with Gasteiger partial charge in [-0.05, 0) is 57.5 Å². The van der Waals surface area contributed by atoms with Gasteiger partial charge in [0.15, 0.2) is 0 Å². The molecule has 19 heavy (non-hydrogen) atoms. The van der Waals surface area contributed by atoms with Gasteiger partial charge < -0.3 is 0 Å². The Bertz CT molecular complexity index is 425. The summed E-state index contributed by atoms with van der Waals surface area (Å²) in [5.41, 5.74) is 0.956. The average molecular weight is 276 g/mol. The molecule has 1 atom stereocenters. The Balaban J connectivity index is 2.23. The lowest BCUT2D eigenvalue weighted by Crippen LogP contribution is -2.40. The third kappa shape index (κ3) is 6.13. The molecule has 0 aliphatic rings. The molecule has 1 aromatic rings. The standard InChI is InChI=1S/C16H24N2S/c1-4-18-16(3,13-17)10-5-6-11-19-15-9-7-8-14(2)12-15/h7-9,12,18H,4-6,10-11H2,1-3H3. The van der Waals surface area contributed by atoms with E-state index in [0.717, 1.165) is 31.6 Å². The maximum absolute atomic E-state index is 9.16. The lowest BCUT2D eigenvalue weighted by Gasteiger charge is -2.22. The Morgan fingerprint density at radius 3 is 2.79 bits per heavy atom. The second-order valence-corrected chi connectivity index (χ2v) is 6.26. The smallest absolute Gasteiger partial charge is 0.103 e. The summed E-state index contributed by atoms with van der Waals surface area (Å²) in [7, 11) is 0. The Morgan fingerprint density at radius 1 is 1.37 bits per heavy atom. The third-order valence-electron chi connectivity index (χ3n) is 3.14. The van der Waals surface area contributed by atoms with Crippen LogP contribution >= 0.6 is 11.8 Å². The lowest BCUT2D eigenvalue weighted by molar-refractivity contribution is 0.415. The number of benzene rings is 1. The summed E-state index contributed by atoms with van der Waals surface area (Å²) in [5, 5.41) is 12.4. The molecule has 0 radical (unpaired) electrons. The molecule has 0 spiro atoms. The van der Waals surface area contributed by atoms with Gasteiger partial charge >= 0.3 is 0 Å². The van der Waals surface area contributed by atoms with Gasteiger partial charge in [0.05, 0.1) is 6.07 Å². The van der Waals surface area contributed by atoms with E-state index >= 15 is 0 Å². The van der Waals surface area contributed by atoms with Crippen LogP contribution in [0, 0.1) is 18.3 Å². The first kappa shape index (κ1) is 16.1. The molecular formula is C16H24N2S. The molecule has 0 aliphatic carbocycles. The van der Waals surface area contributed by atoms with Gasteiger partial charge in [-0.3, -0.25) is 5.32 Å². The first-order valence-corrected chi connectivity index (χ1v) is 7.94. The van der Waals surface area contributed by atoms with Crippen molar-refractivity contribution in [1.82, 2.24) is 5.32 Å². The summed E-state index contributed by atoms with van der Waals surface area (Å²) in [6.07, 6.45) is 3.17. The maximum Gasteiger partial charge on any atom is 0.103 e. The van der Waals surface area contributed by atoms with Gasteiger partial charge in [0.25, 0.3) is 0 Å². The molecule has 1 unspecified atom stereocenters. The second kappa shape index (κ2) is 8.24. The molecule has 1 aromatic carbocycles. The largest absolute Gasteiger partial charge is 0.300 e. The van der Waals surface area contributed by atoms with Gasteiger partial charge in [-0.2, -0.15) is 5.26 Å². The molecule has 0 amide bonds. The number of hydrogen-bond acceptors (Lipinski definition) is 3. The van der Waals surface area contributed by atoms with Crippen molar-refractivity contribution in [3.8, 4) is 6.07 Å². The van der Waals surface area contributed by atoms with Crippen LogP contribution in [0.1, 0.15) is 38.7 Å². The van der Waals surface area contributed by atoms with E-state index in [9.17, 15) is 0 Å². The van der Waals surface area contributed by atoms with Crippen LogP contribution in [0.5, 0.6) is 0 Å². The van der Waals surface area contributed by atoms with Crippen LogP contribution in [0.15, 0.2) is 29.2 Å². The van der Waals surface area contributed by atoms with Gasteiger partial charge in [0.1, 0.15) is 5.54 Å². The molecule has 0 saturated heterocycles. The monoisotopic (exact) mass is 276 g/mol. The number of nitriles is 1. The molecule has 0 fully saturated rings. The number of rotatable bonds is 8. The minimum Gasteiger partial charge on any atom is -0.300 e. The van der Waals surface area contributed by atoms with Crippen LogP contribution in [0.2, 0.25) is 0 Å². The summed E-state index contributed by atoms with van der Waals surface area (Å²) in [5.74, 6) is 1.12. The van der Waals surface area contributed by atoms with Crippen molar-refractivity contribution in [3.63, 3.8) is 0 Å². The molecule has 1 rings (SSSR count). The van der Waals surface area contributed by atoms with E-state index < -0.39 is 0 Å². The van der Waals surface area contributed by atoms with Crippen LogP contribution in [0.4, 0.5) is 0 Å². The normalized spacial score (nSPS) is 13.8. The Labute approximate surface area is 121 Å². The fourth-order valence-electron chi connectivity index (χ4n) is 2.05. The molecule has 0 bridgehead atoms. The van der Waals surface area contributed by atoms with Gasteiger partial charge in [-0.1, -0.05) is 24.6 Å². The fourth-order valence-corrected chi connectivity index (χ4v) is 3.08. The van der Waals surface area contributed by atoms with Crippen LogP contribution < -0.4 is 5.32 Å². The average Bonchev–Trinajstić information content (AvgIpc) is 2.39. The summed E-state index contributed by atoms with van der Waals surface area (Å²) in [6, 6.07) is 11.0. The van der Waals surface area contributed by atoms with Crippen molar-refractivity contribution in [2.45, 2.75) is 50.5 Å². The molecule has 2 nitrogen and oxygen atoms in total. The Hall–Kier alpha value is -0.980. The van der Waals surface area contributed by atoms with Crippen molar-refractivity contribution in [2.75, 3.05) is 12.3 Å². The van der Waals surface area contributed by atoms with Gasteiger partial charge in [0, 0.05) is 4.90 Å². The highest BCUT2D eigenvalue weighted by molar-refractivity contribution is 7.99. The topological polar surface area (TPSA) is 35.8 Å². The zero-order valence-electron chi connectivity index (χ0n) is 12.2. The first-order chi connectivity index (χ1) is 9.09. The highest BCUT2D eigenvalue weighted by Crippen LogP contribution is 2.21. The zero-order chi connectivity index (χ0) is 14.1. The first-order valence-electron chi connectivity index (χ1n) is 6.95. The van der Waals surface area contributed by atoms with E-state index in [-0.39, 0.29) is 5.54 Å². The second-order valence-electron chi connectivity index (χ2n) is 5.10. The predicted molar refractivity (Wildman–Crippen MR) is 83.4 cm³/mol. The SMILES string of the molecule is CCNC(C)(C#N)CCCCSc1cccc(C)c1. The lowest BCUT2D eigenvalue weighted by atomic mass is 9.97. The minimum absolute atomic E-state index is 0.358. The minimum atomic E-state index is -0.358. The highest BCUT2D eigenvalue weighted by atomic mass is 32.2. The molecule has 0 aliphatic heterocycles. The van der Waals surface area contributed by atoms with Gasteiger partial charge in [-0.25, -0.2) is 0 Å². The molecule has 104 valence electrons. The summed E-state index contributed by atoms with van der Waals surface area (Å²) in [6.45, 7) is 7.01. The van der Waals surface area contributed by atoms with Crippen molar-refractivity contribution < 1.29 is 0 Å². The molecule has 1 N–H and O–H groups in total. The van der Waals surface area contributed by atoms with Crippen molar-refractivity contribution in [1.29, 1.82) is 5.26 Å². The van der Waals surface area contributed by atoms with E-state index in [1.54, 1.807) is 0 Å². The predicted octanol–water partition coefficient (Wildman–Crippen LogP) is 4.15. The number of unbranched alkanes of at least 4 members (excludes halogenated alkanes) is 1. The van der Waals surface area contributed by atoms with Crippen molar-refractivity contribution >= 4 is 11.8 Å². The number of thioether (sulfide) groups is 1. The number of nitrogens with zero attached hydrogens (tertiary/aromatic N) is 1. The van der Waals surface area contributed by atoms with Crippen LogP contribution in [0.3, 0.4) is 0 Å². The highest BCUT2D eigenvalue weighted by Gasteiger charge is 2.20. The van der Waals surface area contributed by atoms with Gasteiger partial charge in [0.2, 0.25) is 0 Å². The van der Waals surface area contributed by atoms with Crippen molar-refractivity contribution in [3.05, 3.63) is 29.8 Å². The summed E-state index contributed by atoms with van der Waals surface area (Å²) in [4.78, 5) is 1.34. The van der Waals surface area contributed by atoms with Crippen LogP contribution in [0.25, 0.3) is 0 Å². The van der Waals surface area contributed by atoms with E-state index in [1.807, 2.05) is 25.6 Å². The molecule has 0 heterocycles. The number of aryl methyl sites for hydroxylation is 1. The maximum atomic E-state index is 9.16. The molecular weight excluding hydrogens is 252 g/mol. The zero-order valence-corrected chi connectivity index (χ0v) is 13.0. The number of nitrogens with one attached hydrogen (secondary N) is 1. The quantitative estimate of drug-likeness (QED) is 0.572. The Kier molecular flexibility index (Phi) is 6.97. The fraction of sp³-hybridized carbons (Fsp3) is 0.562. The van der Waals surface area contributed by atoms with Crippen LogP contribution in [-0.4, -0.2) is 17.8 Å². The molecule has 0 aromatic heterocycles. The van der Waals surface area contributed by atoms with E-state index in [4.69, 9.17) is 5.26 Å². The molecule has 0 saturated carbocycles. The van der Waals surface area contributed by atoms with E-state index in [0.29, 0.717) is 0 Å². The summed E-state index contributed by atoms with van der Waals surface area (Å²) < 4.78 is 0. The van der Waals surface area contributed by atoms with E-state index in [1.165, 1.54) is 10.5 Å². The Morgan fingerprint density at radius 2 is 2.16 bits per heavy atom. The number of hydrogen-bond donors (Lipinski definition) is 1. The van der Waals surface area contributed by atoms with Crippen LogP contribution in [-0.2, 0) is 0 Å².